The molecule has 4 heteroatoms. The van der Waals surface area contributed by atoms with Crippen LogP contribution in [0.5, 0.6) is 11.5 Å². The maximum absolute atomic E-state index is 5.86. The summed E-state index contributed by atoms with van der Waals surface area (Å²) in [7, 11) is 1.63. The van der Waals surface area contributed by atoms with Gasteiger partial charge in [0.15, 0.2) is 11.5 Å². The van der Waals surface area contributed by atoms with Gasteiger partial charge in [-0.05, 0) is 36.8 Å². The number of nitrogens with two attached hydrogens (primary N) is 1. The fourth-order valence-electron chi connectivity index (χ4n) is 1.90. The quantitative estimate of drug-likeness (QED) is 0.878. The van der Waals surface area contributed by atoms with Gasteiger partial charge in [-0.3, -0.25) is 4.98 Å². The molecule has 106 valence electrons. The highest BCUT2D eigenvalue weighted by Crippen LogP contribution is 2.29. The Kier molecular flexibility index (Phi) is 4.96. The van der Waals surface area contributed by atoms with Crippen molar-refractivity contribution >= 4 is 0 Å². The van der Waals surface area contributed by atoms with E-state index < -0.39 is 0 Å². The van der Waals surface area contributed by atoms with Gasteiger partial charge in [-0.25, -0.2) is 0 Å². The van der Waals surface area contributed by atoms with Gasteiger partial charge in [0, 0.05) is 24.4 Å². The Labute approximate surface area is 119 Å². The topological polar surface area (TPSA) is 57.4 Å². The van der Waals surface area contributed by atoms with Crippen LogP contribution in [0.1, 0.15) is 24.2 Å². The lowest BCUT2D eigenvalue weighted by Crippen LogP contribution is -2.07. The molecule has 2 rings (SSSR count). The summed E-state index contributed by atoms with van der Waals surface area (Å²) in [6.45, 7) is 2.50. The number of rotatable bonds is 6. The second-order valence-electron chi connectivity index (χ2n) is 4.62. The summed E-state index contributed by atoms with van der Waals surface area (Å²) in [5.41, 5.74) is 7.90. The van der Waals surface area contributed by atoms with Gasteiger partial charge in [-0.15, -0.1) is 0 Å². The van der Waals surface area contributed by atoms with Crippen LogP contribution < -0.4 is 15.2 Å². The number of methoxy groups -OCH3 is 1. The zero-order valence-corrected chi connectivity index (χ0v) is 11.9. The van der Waals surface area contributed by atoms with E-state index in [0.717, 1.165) is 23.4 Å². The van der Waals surface area contributed by atoms with Gasteiger partial charge in [0.1, 0.15) is 0 Å². The molecule has 1 atom stereocenters. The van der Waals surface area contributed by atoms with E-state index >= 15 is 0 Å². The highest BCUT2D eigenvalue weighted by atomic mass is 16.5. The van der Waals surface area contributed by atoms with E-state index in [1.54, 1.807) is 13.3 Å². The summed E-state index contributed by atoms with van der Waals surface area (Å²) in [5, 5.41) is 0. The number of hydrogen-bond acceptors (Lipinski definition) is 4. The molecule has 0 radical (unpaired) electrons. The third-order valence-electron chi connectivity index (χ3n) is 3.06. The van der Waals surface area contributed by atoms with Gasteiger partial charge in [-0.2, -0.15) is 0 Å². The molecule has 4 nitrogen and oxygen atoms in total. The standard InChI is InChI=1S/C16H20N2O2/c1-12(17)13-6-7-15(16(11-13)19-2)20-10-8-14-5-3-4-9-18-14/h3-7,9,11-12H,8,10,17H2,1-2H3/t12-/m1/s1. The number of ether oxygens (including phenoxy) is 2. The Hall–Kier alpha value is -2.07. The molecule has 0 fully saturated rings. The summed E-state index contributed by atoms with van der Waals surface area (Å²) >= 11 is 0. The van der Waals surface area contributed by atoms with Gasteiger partial charge in [0.2, 0.25) is 0 Å². The van der Waals surface area contributed by atoms with Crippen LogP contribution in [0, 0.1) is 0 Å². The summed E-state index contributed by atoms with van der Waals surface area (Å²) in [6, 6.07) is 11.6. The number of benzene rings is 1. The van der Waals surface area contributed by atoms with Crippen molar-refractivity contribution in [3.8, 4) is 11.5 Å². The van der Waals surface area contributed by atoms with Crippen LogP contribution in [0.4, 0.5) is 0 Å². The number of pyridine rings is 1. The minimum atomic E-state index is -0.0218. The van der Waals surface area contributed by atoms with E-state index in [-0.39, 0.29) is 6.04 Å². The third kappa shape index (κ3) is 3.71. The predicted octanol–water partition coefficient (Wildman–Crippen LogP) is 2.73. The molecule has 0 aliphatic carbocycles. The lowest BCUT2D eigenvalue weighted by Gasteiger charge is -2.13. The van der Waals surface area contributed by atoms with Crippen molar-refractivity contribution in [3.05, 3.63) is 53.9 Å². The van der Waals surface area contributed by atoms with Crippen LogP contribution in [0.15, 0.2) is 42.6 Å². The maximum atomic E-state index is 5.86. The van der Waals surface area contributed by atoms with Crippen molar-refractivity contribution in [2.75, 3.05) is 13.7 Å². The molecule has 20 heavy (non-hydrogen) atoms. The molecule has 2 N–H and O–H groups in total. The Morgan fingerprint density at radius 1 is 1.20 bits per heavy atom. The van der Waals surface area contributed by atoms with Gasteiger partial charge in [-0.1, -0.05) is 12.1 Å². The van der Waals surface area contributed by atoms with Crippen molar-refractivity contribution in [1.29, 1.82) is 0 Å². The van der Waals surface area contributed by atoms with Crippen molar-refractivity contribution < 1.29 is 9.47 Å². The molecular weight excluding hydrogens is 252 g/mol. The average Bonchev–Trinajstić information content (AvgIpc) is 2.48. The van der Waals surface area contributed by atoms with Crippen LogP contribution in [0.3, 0.4) is 0 Å². The summed E-state index contributed by atoms with van der Waals surface area (Å²) in [6.07, 6.45) is 2.55. The average molecular weight is 272 g/mol. The molecule has 2 aromatic rings. The monoisotopic (exact) mass is 272 g/mol. The Morgan fingerprint density at radius 2 is 2.05 bits per heavy atom. The Morgan fingerprint density at radius 3 is 2.70 bits per heavy atom. The molecule has 1 heterocycles. The van der Waals surface area contributed by atoms with Crippen molar-refractivity contribution in [2.45, 2.75) is 19.4 Å². The Balaban J connectivity index is 1.99. The number of hydrogen-bond donors (Lipinski definition) is 1. The Bertz CT molecular complexity index is 541. The predicted molar refractivity (Wildman–Crippen MR) is 79.0 cm³/mol. The smallest absolute Gasteiger partial charge is 0.161 e. The largest absolute Gasteiger partial charge is 0.493 e. The van der Waals surface area contributed by atoms with E-state index in [2.05, 4.69) is 4.98 Å². The fourth-order valence-corrected chi connectivity index (χ4v) is 1.90. The molecule has 1 aromatic heterocycles. The first-order chi connectivity index (χ1) is 9.70. The molecule has 0 spiro atoms. The molecule has 0 unspecified atom stereocenters. The summed E-state index contributed by atoms with van der Waals surface area (Å²) in [5.74, 6) is 1.44. The first-order valence-electron chi connectivity index (χ1n) is 6.67. The van der Waals surface area contributed by atoms with E-state index in [1.165, 1.54) is 0 Å². The van der Waals surface area contributed by atoms with Gasteiger partial charge >= 0.3 is 0 Å². The van der Waals surface area contributed by atoms with Crippen LogP contribution in [0.2, 0.25) is 0 Å². The second-order valence-corrected chi connectivity index (χ2v) is 4.62. The third-order valence-corrected chi connectivity index (χ3v) is 3.06. The SMILES string of the molecule is COc1cc([C@@H](C)N)ccc1OCCc1ccccn1. The van der Waals surface area contributed by atoms with Gasteiger partial charge < -0.3 is 15.2 Å². The number of nitrogens with zero attached hydrogens (tertiary/aromatic N) is 1. The lowest BCUT2D eigenvalue weighted by molar-refractivity contribution is 0.296. The van der Waals surface area contributed by atoms with Crippen molar-refractivity contribution in [2.24, 2.45) is 5.73 Å². The minimum absolute atomic E-state index is 0.0218. The van der Waals surface area contributed by atoms with E-state index in [4.69, 9.17) is 15.2 Å². The lowest BCUT2D eigenvalue weighted by atomic mass is 10.1. The second kappa shape index (κ2) is 6.91. The van der Waals surface area contributed by atoms with Crippen LogP contribution in [-0.2, 0) is 6.42 Å². The van der Waals surface area contributed by atoms with E-state index in [1.807, 2.05) is 43.3 Å². The van der Waals surface area contributed by atoms with E-state index in [0.29, 0.717) is 12.4 Å². The van der Waals surface area contributed by atoms with Crippen molar-refractivity contribution in [1.82, 2.24) is 4.98 Å². The molecule has 0 saturated carbocycles. The minimum Gasteiger partial charge on any atom is -0.493 e. The zero-order chi connectivity index (χ0) is 14.4. The van der Waals surface area contributed by atoms with Gasteiger partial charge in [0.25, 0.3) is 0 Å². The van der Waals surface area contributed by atoms with Crippen LogP contribution in [-0.4, -0.2) is 18.7 Å². The first kappa shape index (κ1) is 14.3. The first-order valence-corrected chi connectivity index (χ1v) is 6.67. The molecule has 0 amide bonds. The van der Waals surface area contributed by atoms with Crippen LogP contribution >= 0.6 is 0 Å². The summed E-state index contributed by atoms with van der Waals surface area (Å²) < 4.78 is 11.1. The molecule has 0 aliphatic heterocycles. The summed E-state index contributed by atoms with van der Waals surface area (Å²) in [4.78, 5) is 4.26. The number of aromatic nitrogens is 1. The normalized spacial score (nSPS) is 11.9. The van der Waals surface area contributed by atoms with Crippen LogP contribution in [0.25, 0.3) is 0 Å². The molecule has 1 aromatic carbocycles. The van der Waals surface area contributed by atoms with Gasteiger partial charge in [0.05, 0.1) is 13.7 Å². The molecule has 0 saturated heterocycles. The highest BCUT2D eigenvalue weighted by Gasteiger charge is 2.08. The van der Waals surface area contributed by atoms with Crippen molar-refractivity contribution in [3.63, 3.8) is 0 Å². The molecule has 0 aliphatic rings. The zero-order valence-electron chi connectivity index (χ0n) is 11.9. The van der Waals surface area contributed by atoms with E-state index in [9.17, 15) is 0 Å². The highest BCUT2D eigenvalue weighted by molar-refractivity contribution is 5.43. The maximum Gasteiger partial charge on any atom is 0.161 e. The molecular formula is C16H20N2O2. The fraction of sp³-hybridized carbons (Fsp3) is 0.312. The molecule has 0 bridgehead atoms.